The zero-order chi connectivity index (χ0) is 30.5. The van der Waals surface area contributed by atoms with Gasteiger partial charge in [0.25, 0.3) is 0 Å². The number of para-hydroxylation sites is 2. The number of benzene rings is 5. The predicted molar refractivity (Wildman–Crippen MR) is 183 cm³/mol. The van der Waals surface area contributed by atoms with Gasteiger partial charge < -0.3 is 4.90 Å². The molecule has 8 nitrogen and oxygen atoms in total. The summed E-state index contributed by atoms with van der Waals surface area (Å²) < 4.78 is 1.78. The van der Waals surface area contributed by atoms with Gasteiger partial charge in [0.1, 0.15) is 5.69 Å². The molecule has 0 radical (unpaired) electrons. The van der Waals surface area contributed by atoms with Crippen LogP contribution in [0, 0.1) is 0 Å². The summed E-state index contributed by atoms with van der Waals surface area (Å²) in [5, 5.41) is 10.8. The monoisotopic (exact) mass is 592 g/mol. The van der Waals surface area contributed by atoms with Crippen LogP contribution in [0.1, 0.15) is 0 Å². The molecule has 0 saturated carbocycles. The second-order valence-corrected chi connectivity index (χ2v) is 11.0. The topological polar surface area (TPSA) is 85.5 Å². The normalized spacial score (nSPS) is 11.5. The summed E-state index contributed by atoms with van der Waals surface area (Å²) in [4.78, 5) is 21.6. The maximum atomic E-state index is 5.09. The van der Waals surface area contributed by atoms with E-state index in [1.807, 2.05) is 60.8 Å². The second-order valence-electron chi connectivity index (χ2n) is 11.0. The van der Waals surface area contributed by atoms with Crippen LogP contribution >= 0.6 is 0 Å². The Kier molecular flexibility index (Phi) is 5.95. The number of aromatic nitrogens is 7. The maximum Gasteiger partial charge on any atom is 0.113 e. The zero-order valence-electron chi connectivity index (χ0n) is 24.4. The van der Waals surface area contributed by atoms with E-state index in [9.17, 15) is 0 Å². The van der Waals surface area contributed by atoms with Crippen LogP contribution in [-0.2, 0) is 0 Å². The molecular formula is C38H24N8. The lowest BCUT2D eigenvalue weighted by Crippen LogP contribution is -2.09. The Balaban J connectivity index is 1.08. The number of pyridine rings is 2. The molecule has 0 fully saturated rings. The van der Waals surface area contributed by atoms with E-state index in [0.29, 0.717) is 0 Å². The van der Waals surface area contributed by atoms with Crippen LogP contribution in [0.25, 0.3) is 60.8 Å². The first kappa shape index (κ1) is 25.9. The van der Waals surface area contributed by atoms with Gasteiger partial charge in [0.2, 0.25) is 0 Å². The molecule has 46 heavy (non-hydrogen) atoms. The van der Waals surface area contributed by atoms with Crippen molar-refractivity contribution in [2.24, 2.45) is 0 Å². The minimum Gasteiger partial charge on any atom is -0.311 e. The molecule has 0 aliphatic heterocycles. The van der Waals surface area contributed by atoms with Crippen molar-refractivity contribution in [3.63, 3.8) is 0 Å². The third kappa shape index (κ3) is 4.31. The Labute approximate surface area is 263 Å². The summed E-state index contributed by atoms with van der Waals surface area (Å²) >= 11 is 0. The number of anilines is 3. The van der Waals surface area contributed by atoms with Crippen molar-refractivity contribution in [1.82, 2.24) is 34.9 Å². The highest BCUT2D eigenvalue weighted by Crippen LogP contribution is 2.35. The molecule has 216 valence electrons. The molecule has 4 heterocycles. The Morgan fingerprint density at radius 2 is 1.09 bits per heavy atom. The van der Waals surface area contributed by atoms with Crippen molar-refractivity contribution in [3.8, 4) is 16.9 Å². The zero-order valence-corrected chi connectivity index (χ0v) is 24.4. The minimum absolute atomic E-state index is 0.765. The van der Waals surface area contributed by atoms with Crippen LogP contribution in [0.4, 0.5) is 17.1 Å². The smallest absolute Gasteiger partial charge is 0.113 e. The van der Waals surface area contributed by atoms with Crippen LogP contribution in [0.15, 0.2) is 146 Å². The third-order valence-electron chi connectivity index (χ3n) is 8.21. The van der Waals surface area contributed by atoms with Crippen LogP contribution in [0.5, 0.6) is 0 Å². The van der Waals surface area contributed by atoms with Gasteiger partial charge in [-0.15, -0.1) is 5.10 Å². The molecule has 5 aromatic carbocycles. The maximum absolute atomic E-state index is 5.09. The molecule has 0 aliphatic rings. The molecule has 8 heteroatoms. The number of fused-ring (bicyclic) bond motifs is 7. The molecule has 0 amide bonds. The van der Waals surface area contributed by atoms with Crippen molar-refractivity contribution in [1.29, 1.82) is 0 Å². The summed E-state index contributed by atoms with van der Waals surface area (Å²) in [7, 11) is 0. The van der Waals surface area contributed by atoms with Gasteiger partial charge >= 0.3 is 0 Å². The fraction of sp³-hybridized carbons (Fsp3) is 0. The average Bonchev–Trinajstić information content (AvgIpc) is 3.63. The fourth-order valence-corrected chi connectivity index (χ4v) is 6.04. The summed E-state index contributed by atoms with van der Waals surface area (Å²) in [6.45, 7) is 0. The second kappa shape index (κ2) is 10.6. The summed E-state index contributed by atoms with van der Waals surface area (Å²) in [5.41, 5.74) is 10.7. The van der Waals surface area contributed by atoms with Gasteiger partial charge in [-0.05, 0) is 78.9 Å². The highest BCUT2D eigenvalue weighted by Gasteiger charge is 2.16. The fourth-order valence-electron chi connectivity index (χ4n) is 6.04. The van der Waals surface area contributed by atoms with E-state index in [2.05, 4.69) is 98.0 Å². The van der Waals surface area contributed by atoms with E-state index < -0.39 is 0 Å². The number of nitrogens with zero attached hydrogens (tertiary/aromatic N) is 8. The van der Waals surface area contributed by atoms with Crippen LogP contribution in [0.2, 0.25) is 0 Å². The molecule has 0 atom stereocenters. The van der Waals surface area contributed by atoms with E-state index >= 15 is 0 Å². The SMILES string of the molecule is c1ccc(N(c2ccccc2)c2ccc(-c3cn(-c4ccc5nc6c7cccnc7c7ncccc7c6nc5c4)nn3)cc2)cc1. The van der Waals surface area contributed by atoms with E-state index in [4.69, 9.17) is 9.97 Å². The van der Waals surface area contributed by atoms with E-state index in [1.165, 1.54) is 0 Å². The van der Waals surface area contributed by atoms with Gasteiger partial charge in [-0.3, -0.25) is 9.97 Å². The molecule has 0 bridgehead atoms. The Morgan fingerprint density at radius 3 is 1.72 bits per heavy atom. The summed E-state index contributed by atoms with van der Waals surface area (Å²) in [6, 6.07) is 43.0. The number of hydrogen-bond donors (Lipinski definition) is 0. The Morgan fingerprint density at radius 1 is 0.500 bits per heavy atom. The van der Waals surface area contributed by atoms with Crippen molar-refractivity contribution >= 4 is 60.9 Å². The highest BCUT2D eigenvalue weighted by atomic mass is 15.4. The van der Waals surface area contributed by atoms with E-state index in [0.717, 1.165) is 77.9 Å². The summed E-state index contributed by atoms with van der Waals surface area (Å²) in [6.07, 6.45) is 5.51. The molecule has 0 unspecified atom stereocenters. The first-order valence-electron chi connectivity index (χ1n) is 15.0. The molecule has 0 spiro atoms. The van der Waals surface area contributed by atoms with Crippen LogP contribution < -0.4 is 4.90 Å². The number of rotatable bonds is 5. The molecule has 0 aliphatic carbocycles. The van der Waals surface area contributed by atoms with E-state index in [-0.39, 0.29) is 0 Å². The molecule has 9 rings (SSSR count). The van der Waals surface area contributed by atoms with Crippen molar-refractivity contribution in [2.75, 3.05) is 4.90 Å². The standard InChI is InChI=1S/C38H24N8/c1-3-9-26(10-4-1)46(27-11-5-2-6-12-27)28-17-15-25(16-18-28)34-24-45(44-43-34)29-19-20-32-33(23-29)42-38-31-14-8-22-40-36(31)35-30(37(38)41-32)13-7-21-39-35/h1-24H. The van der Waals surface area contributed by atoms with Gasteiger partial charge in [-0.2, -0.15) is 0 Å². The first-order valence-corrected chi connectivity index (χ1v) is 15.0. The molecule has 0 saturated heterocycles. The summed E-state index contributed by atoms with van der Waals surface area (Å²) in [5.74, 6) is 0. The van der Waals surface area contributed by atoms with Gasteiger partial charge in [-0.25, -0.2) is 14.6 Å². The molecular weight excluding hydrogens is 568 g/mol. The van der Waals surface area contributed by atoms with Crippen molar-refractivity contribution in [3.05, 3.63) is 146 Å². The Bertz CT molecular complexity index is 2490. The van der Waals surface area contributed by atoms with Gasteiger partial charge in [-0.1, -0.05) is 53.7 Å². The minimum atomic E-state index is 0.765. The van der Waals surface area contributed by atoms with Gasteiger partial charge in [0.15, 0.2) is 0 Å². The average molecular weight is 593 g/mol. The van der Waals surface area contributed by atoms with Gasteiger partial charge in [0, 0.05) is 45.8 Å². The third-order valence-corrected chi connectivity index (χ3v) is 8.21. The Hall–Kier alpha value is -6.54. The molecule has 9 aromatic rings. The highest BCUT2D eigenvalue weighted by molar-refractivity contribution is 6.21. The number of hydrogen-bond acceptors (Lipinski definition) is 7. The van der Waals surface area contributed by atoms with E-state index in [1.54, 1.807) is 17.1 Å². The van der Waals surface area contributed by atoms with Gasteiger partial charge in [0.05, 0.1) is 45.0 Å². The lowest BCUT2D eigenvalue weighted by Gasteiger charge is -2.25. The molecule has 4 aromatic heterocycles. The quantitative estimate of drug-likeness (QED) is 0.146. The lowest BCUT2D eigenvalue weighted by atomic mass is 10.1. The largest absolute Gasteiger partial charge is 0.311 e. The lowest BCUT2D eigenvalue weighted by molar-refractivity contribution is 0.804. The van der Waals surface area contributed by atoms with Crippen molar-refractivity contribution in [2.45, 2.75) is 0 Å². The first-order chi connectivity index (χ1) is 22.8. The predicted octanol–water partition coefficient (Wildman–Crippen LogP) is 8.60. The van der Waals surface area contributed by atoms with Crippen molar-refractivity contribution < 1.29 is 0 Å². The molecule has 0 N–H and O–H groups in total. The van der Waals surface area contributed by atoms with Crippen LogP contribution in [0.3, 0.4) is 0 Å². The van der Waals surface area contributed by atoms with Crippen LogP contribution in [-0.4, -0.2) is 34.9 Å².